The molecule has 0 aliphatic carbocycles. The van der Waals surface area contributed by atoms with Crippen molar-refractivity contribution in [2.45, 2.75) is 20.0 Å². The first-order chi connectivity index (χ1) is 10.1. The summed E-state index contributed by atoms with van der Waals surface area (Å²) in [6.07, 6.45) is 3.19. The Balaban J connectivity index is 0.00000242. The first-order valence-electron chi connectivity index (χ1n) is 6.82. The van der Waals surface area contributed by atoms with Crippen molar-refractivity contribution < 1.29 is 27.2 Å². The van der Waals surface area contributed by atoms with Gasteiger partial charge in [-0.05, 0) is 13.8 Å². The summed E-state index contributed by atoms with van der Waals surface area (Å²) in [5.74, 6) is -0.103. The SMILES string of the molecule is Cc1cc(=O)n(C(C)NCCO)c(O)c1-[n+]1ccccc1.[Cl-]. The molecule has 0 saturated carbocycles. The molecule has 6 nitrogen and oxygen atoms in total. The van der Waals surface area contributed by atoms with E-state index in [4.69, 9.17) is 5.11 Å². The maximum Gasteiger partial charge on any atom is 0.274 e. The molecule has 7 heteroatoms. The van der Waals surface area contributed by atoms with E-state index in [0.29, 0.717) is 17.8 Å². The molecule has 0 aromatic carbocycles. The first kappa shape index (κ1) is 18.2. The molecule has 1 unspecified atom stereocenters. The summed E-state index contributed by atoms with van der Waals surface area (Å²) in [5, 5.41) is 22.3. The van der Waals surface area contributed by atoms with Crippen LogP contribution < -0.4 is 27.9 Å². The summed E-state index contributed by atoms with van der Waals surface area (Å²) in [7, 11) is 0. The van der Waals surface area contributed by atoms with E-state index >= 15 is 0 Å². The van der Waals surface area contributed by atoms with Crippen LogP contribution >= 0.6 is 0 Å². The van der Waals surface area contributed by atoms with Crippen molar-refractivity contribution in [3.05, 3.63) is 52.6 Å². The van der Waals surface area contributed by atoms with Gasteiger partial charge in [0.1, 0.15) is 0 Å². The van der Waals surface area contributed by atoms with Gasteiger partial charge in [-0.3, -0.25) is 14.7 Å². The van der Waals surface area contributed by atoms with Gasteiger partial charge in [-0.2, -0.15) is 4.57 Å². The van der Waals surface area contributed by atoms with Crippen LogP contribution in [0.3, 0.4) is 0 Å². The third kappa shape index (κ3) is 3.65. The Morgan fingerprint density at radius 1 is 1.32 bits per heavy atom. The minimum absolute atomic E-state index is 0. The minimum atomic E-state index is -0.423. The molecular weight excluding hydrogens is 306 g/mol. The zero-order valence-electron chi connectivity index (χ0n) is 12.5. The molecule has 0 fully saturated rings. The molecule has 120 valence electrons. The lowest BCUT2D eigenvalue weighted by Gasteiger charge is -2.18. The number of rotatable bonds is 5. The lowest BCUT2D eigenvalue weighted by Crippen LogP contribution is -3.00. The summed E-state index contributed by atoms with van der Waals surface area (Å²) in [4.78, 5) is 12.1. The summed E-state index contributed by atoms with van der Waals surface area (Å²) in [6, 6.07) is 7.07. The molecule has 2 aromatic rings. The van der Waals surface area contributed by atoms with Crippen LogP contribution in [0.5, 0.6) is 5.88 Å². The number of halogens is 1. The van der Waals surface area contributed by atoms with Crippen LogP contribution in [-0.4, -0.2) is 27.9 Å². The third-order valence-corrected chi connectivity index (χ3v) is 3.30. The van der Waals surface area contributed by atoms with Crippen molar-refractivity contribution in [1.29, 1.82) is 0 Å². The van der Waals surface area contributed by atoms with Gasteiger partial charge in [0.2, 0.25) is 0 Å². The van der Waals surface area contributed by atoms with E-state index in [1.54, 1.807) is 18.4 Å². The second-order valence-corrected chi connectivity index (χ2v) is 4.84. The second kappa shape index (κ2) is 7.93. The number of aliphatic hydroxyl groups excluding tert-OH is 1. The highest BCUT2D eigenvalue weighted by Gasteiger charge is 2.23. The normalized spacial score (nSPS) is 11.8. The highest BCUT2D eigenvalue weighted by atomic mass is 35.5. The average Bonchev–Trinajstić information content (AvgIpc) is 2.45. The van der Waals surface area contributed by atoms with Crippen LogP contribution in [0.15, 0.2) is 41.5 Å². The number of hydrogen-bond donors (Lipinski definition) is 3. The lowest BCUT2D eigenvalue weighted by atomic mass is 10.2. The Morgan fingerprint density at radius 2 is 1.95 bits per heavy atom. The predicted octanol–water partition coefficient (Wildman–Crippen LogP) is -2.76. The van der Waals surface area contributed by atoms with Gasteiger partial charge in [0.15, 0.2) is 12.4 Å². The van der Waals surface area contributed by atoms with Crippen molar-refractivity contribution in [3.8, 4) is 11.6 Å². The number of aliphatic hydroxyl groups is 1. The molecular formula is C15H20ClN3O3. The monoisotopic (exact) mass is 325 g/mol. The fraction of sp³-hybridized carbons (Fsp3) is 0.333. The van der Waals surface area contributed by atoms with Gasteiger partial charge < -0.3 is 22.6 Å². The molecule has 0 amide bonds. The first-order valence-corrected chi connectivity index (χ1v) is 6.82. The zero-order chi connectivity index (χ0) is 15.4. The topological polar surface area (TPSA) is 78.4 Å². The van der Waals surface area contributed by atoms with Crippen molar-refractivity contribution in [1.82, 2.24) is 9.88 Å². The maximum atomic E-state index is 12.1. The third-order valence-electron chi connectivity index (χ3n) is 3.30. The van der Waals surface area contributed by atoms with Gasteiger partial charge in [0.25, 0.3) is 17.1 Å². The number of hydrogen-bond acceptors (Lipinski definition) is 4. The van der Waals surface area contributed by atoms with E-state index in [1.807, 2.05) is 30.6 Å². The molecule has 22 heavy (non-hydrogen) atoms. The second-order valence-electron chi connectivity index (χ2n) is 4.84. The van der Waals surface area contributed by atoms with E-state index in [2.05, 4.69) is 5.32 Å². The van der Waals surface area contributed by atoms with Crippen molar-refractivity contribution in [2.75, 3.05) is 13.2 Å². The molecule has 2 aromatic heterocycles. The predicted molar refractivity (Wildman–Crippen MR) is 78.4 cm³/mol. The van der Waals surface area contributed by atoms with Gasteiger partial charge in [-0.1, -0.05) is 6.07 Å². The Labute approximate surface area is 135 Å². The quantitative estimate of drug-likeness (QED) is 0.521. The Hall–Kier alpha value is -1.89. The van der Waals surface area contributed by atoms with Crippen molar-refractivity contribution in [2.24, 2.45) is 0 Å². The molecule has 2 heterocycles. The Kier molecular flexibility index (Phi) is 6.55. The lowest BCUT2D eigenvalue weighted by molar-refractivity contribution is -0.597. The minimum Gasteiger partial charge on any atom is -1.00 e. The molecule has 2 rings (SSSR count). The largest absolute Gasteiger partial charge is 1.00 e. The van der Waals surface area contributed by atoms with Crippen LogP contribution in [0.4, 0.5) is 0 Å². The van der Waals surface area contributed by atoms with Crippen molar-refractivity contribution in [3.63, 3.8) is 0 Å². The summed E-state index contributed by atoms with van der Waals surface area (Å²) in [6.45, 7) is 3.85. The van der Waals surface area contributed by atoms with Crippen LogP contribution in [0.1, 0.15) is 18.7 Å². The standard InChI is InChI=1S/C15H19N3O3.ClH/c1-11-10-13(20)18(12(2)16-6-9-19)15(21)14(11)17-7-4-3-5-8-17;/h3-5,7-8,10,12,16,19H,6,9H2,1-2H3;1H. The number of aromatic nitrogens is 2. The number of aromatic hydroxyl groups is 1. The highest BCUT2D eigenvalue weighted by molar-refractivity contribution is 5.41. The Bertz CT molecular complexity index is 674. The van der Waals surface area contributed by atoms with E-state index in [9.17, 15) is 9.90 Å². The smallest absolute Gasteiger partial charge is 0.274 e. The molecule has 0 aliphatic heterocycles. The summed E-state index contributed by atoms with van der Waals surface area (Å²) < 4.78 is 3.04. The molecule has 3 N–H and O–H groups in total. The molecule has 0 aliphatic rings. The molecule has 0 saturated heterocycles. The maximum absolute atomic E-state index is 12.1. The molecule has 1 atom stereocenters. The van der Waals surface area contributed by atoms with E-state index in [-0.39, 0.29) is 30.5 Å². The number of nitrogens with zero attached hydrogens (tertiary/aromatic N) is 2. The number of aryl methyl sites for hydroxylation is 1. The summed E-state index contributed by atoms with van der Waals surface area (Å²) in [5.41, 5.74) is 0.968. The average molecular weight is 326 g/mol. The molecule has 0 spiro atoms. The number of pyridine rings is 2. The highest BCUT2D eigenvalue weighted by Crippen LogP contribution is 2.21. The van der Waals surface area contributed by atoms with Gasteiger partial charge in [-0.25, -0.2) is 0 Å². The fourth-order valence-electron chi connectivity index (χ4n) is 2.32. The van der Waals surface area contributed by atoms with Gasteiger partial charge >= 0.3 is 0 Å². The van der Waals surface area contributed by atoms with Gasteiger partial charge in [0, 0.05) is 30.3 Å². The van der Waals surface area contributed by atoms with Crippen molar-refractivity contribution >= 4 is 0 Å². The van der Waals surface area contributed by atoms with Gasteiger partial charge in [-0.15, -0.1) is 0 Å². The van der Waals surface area contributed by atoms with E-state index < -0.39 is 6.17 Å². The van der Waals surface area contributed by atoms with Crippen LogP contribution in [0.2, 0.25) is 0 Å². The van der Waals surface area contributed by atoms with Crippen LogP contribution in [0.25, 0.3) is 5.69 Å². The van der Waals surface area contributed by atoms with E-state index in [0.717, 1.165) is 0 Å². The van der Waals surface area contributed by atoms with Crippen LogP contribution in [0, 0.1) is 6.92 Å². The zero-order valence-corrected chi connectivity index (χ0v) is 13.3. The fourth-order valence-corrected chi connectivity index (χ4v) is 2.32. The van der Waals surface area contributed by atoms with Gasteiger partial charge in [0.05, 0.1) is 12.8 Å². The Morgan fingerprint density at radius 3 is 2.55 bits per heavy atom. The number of nitrogens with one attached hydrogen (secondary N) is 1. The molecule has 0 bridgehead atoms. The molecule has 0 radical (unpaired) electrons. The van der Waals surface area contributed by atoms with Crippen LogP contribution in [-0.2, 0) is 0 Å². The summed E-state index contributed by atoms with van der Waals surface area (Å²) >= 11 is 0. The van der Waals surface area contributed by atoms with E-state index in [1.165, 1.54) is 10.6 Å².